The Balaban J connectivity index is 1.00. The zero-order chi connectivity index (χ0) is 43.0. The second kappa shape index (κ2) is 37.7. The SMILES string of the molecule is CCC(C)COCCOCCOCCOCCOCCOCCOCCOCCOCCOCCOCCOCCOC(c1ccccc1)(c1ccccc1)c1ccccc1. The maximum absolute atomic E-state index is 6.74. The van der Waals surface area contributed by atoms with Crippen molar-refractivity contribution in [1.29, 1.82) is 0 Å². The van der Waals surface area contributed by atoms with E-state index in [4.69, 9.17) is 61.6 Å². The van der Waals surface area contributed by atoms with Gasteiger partial charge in [0.1, 0.15) is 5.60 Å². The monoisotopic (exact) mass is 859 g/mol. The van der Waals surface area contributed by atoms with Gasteiger partial charge < -0.3 is 61.6 Å². The maximum atomic E-state index is 6.74. The molecule has 13 nitrogen and oxygen atoms in total. The largest absolute Gasteiger partial charge is 0.379 e. The van der Waals surface area contributed by atoms with Crippen LogP contribution in [0, 0.1) is 5.92 Å². The van der Waals surface area contributed by atoms with Crippen molar-refractivity contribution in [3.63, 3.8) is 0 Å². The van der Waals surface area contributed by atoms with Crippen LogP contribution in [0.2, 0.25) is 0 Å². The van der Waals surface area contributed by atoms with Gasteiger partial charge in [-0.1, -0.05) is 111 Å². The van der Waals surface area contributed by atoms with Crippen LogP contribution in [-0.4, -0.2) is 165 Å². The minimum absolute atomic E-state index is 0.414. The molecule has 0 aliphatic heterocycles. The van der Waals surface area contributed by atoms with Gasteiger partial charge in [0.15, 0.2) is 0 Å². The molecule has 1 unspecified atom stereocenters. The molecule has 0 saturated carbocycles. The molecule has 0 heterocycles. The summed E-state index contributed by atoms with van der Waals surface area (Å²) in [6, 6.07) is 31.0. The first-order valence-corrected chi connectivity index (χ1v) is 22.0. The number of rotatable bonds is 43. The number of benzene rings is 3. The van der Waals surface area contributed by atoms with Gasteiger partial charge in [0.2, 0.25) is 0 Å². The number of ether oxygens (including phenoxy) is 13. The van der Waals surface area contributed by atoms with Crippen LogP contribution >= 0.6 is 0 Å². The third-order valence-electron chi connectivity index (χ3n) is 9.28. The molecule has 0 aliphatic rings. The van der Waals surface area contributed by atoms with Crippen molar-refractivity contribution in [3.8, 4) is 0 Å². The molecule has 1 atom stereocenters. The third-order valence-corrected chi connectivity index (χ3v) is 9.28. The molecule has 0 saturated heterocycles. The van der Waals surface area contributed by atoms with Crippen molar-refractivity contribution in [3.05, 3.63) is 108 Å². The van der Waals surface area contributed by atoms with E-state index in [1.54, 1.807) is 0 Å². The van der Waals surface area contributed by atoms with Crippen molar-refractivity contribution in [2.75, 3.05) is 165 Å². The minimum atomic E-state index is -0.754. The summed E-state index contributed by atoms with van der Waals surface area (Å²) < 4.78 is 73.6. The Kier molecular flexibility index (Phi) is 32.4. The molecule has 3 aromatic carbocycles. The van der Waals surface area contributed by atoms with E-state index in [9.17, 15) is 0 Å². The molecule has 0 aromatic heterocycles. The van der Waals surface area contributed by atoms with E-state index < -0.39 is 5.60 Å². The predicted molar refractivity (Wildman–Crippen MR) is 234 cm³/mol. The Morgan fingerprint density at radius 3 is 0.754 bits per heavy atom. The van der Waals surface area contributed by atoms with Crippen LogP contribution in [0.5, 0.6) is 0 Å². The summed E-state index contributed by atoms with van der Waals surface area (Å²) in [5, 5.41) is 0. The highest BCUT2D eigenvalue weighted by Gasteiger charge is 2.37. The Morgan fingerprint density at radius 1 is 0.311 bits per heavy atom. The normalized spacial score (nSPS) is 12.3. The smallest absolute Gasteiger partial charge is 0.143 e. The van der Waals surface area contributed by atoms with Gasteiger partial charge in [0.05, 0.1) is 159 Å². The average Bonchev–Trinajstić information content (AvgIpc) is 3.30. The van der Waals surface area contributed by atoms with Gasteiger partial charge in [-0.2, -0.15) is 0 Å². The molecule has 61 heavy (non-hydrogen) atoms. The molecular weight excluding hydrogens is 785 g/mol. The fraction of sp³-hybridized carbons (Fsp3) is 0.625. The van der Waals surface area contributed by atoms with Gasteiger partial charge in [0, 0.05) is 6.61 Å². The van der Waals surface area contributed by atoms with E-state index in [1.807, 2.05) is 54.6 Å². The van der Waals surface area contributed by atoms with Crippen LogP contribution in [-0.2, 0) is 67.2 Å². The molecular formula is C48H74O13. The second-order valence-corrected chi connectivity index (χ2v) is 14.0. The van der Waals surface area contributed by atoms with Crippen LogP contribution < -0.4 is 0 Å². The van der Waals surface area contributed by atoms with Crippen molar-refractivity contribution >= 4 is 0 Å². The first kappa shape index (κ1) is 52.5. The van der Waals surface area contributed by atoms with Crippen LogP contribution in [0.4, 0.5) is 0 Å². The summed E-state index contributed by atoms with van der Waals surface area (Å²) in [5.74, 6) is 0.593. The minimum Gasteiger partial charge on any atom is -0.379 e. The van der Waals surface area contributed by atoms with Gasteiger partial charge in [-0.3, -0.25) is 0 Å². The highest BCUT2D eigenvalue weighted by molar-refractivity contribution is 5.47. The molecule has 13 heteroatoms. The summed E-state index contributed by atoms with van der Waals surface area (Å²) in [7, 11) is 0. The molecule has 0 spiro atoms. The van der Waals surface area contributed by atoms with Crippen molar-refractivity contribution in [2.24, 2.45) is 5.92 Å². The van der Waals surface area contributed by atoms with Crippen molar-refractivity contribution in [2.45, 2.75) is 25.9 Å². The van der Waals surface area contributed by atoms with E-state index in [0.717, 1.165) is 29.7 Å². The molecule has 0 radical (unpaired) electrons. The van der Waals surface area contributed by atoms with Crippen LogP contribution in [0.15, 0.2) is 91.0 Å². The van der Waals surface area contributed by atoms with E-state index in [2.05, 4.69) is 50.2 Å². The van der Waals surface area contributed by atoms with Crippen molar-refractivity contribution in [1.82, 2.24) is 0 Å². The van der Waals surface area contributed by atoms with Gasteiger partial charge in [-0.05, 0) is 22.6 Å². The first-order chi connectivity index (χ1) is 30.3. The molecule has 0 N–H and O–H groups in total. The molecule has 0 amide bonds. The lowest BCUT2D eigenvalue weighted by atomic mass is 9.80. The Bertz CT molecular complexity index is 1260. The standard InChI is InChI=1S/C48H74O13/c1-3-44(2)43-60-40-39-58-36-35-56-32-31-54-28-27-52-24-23-50-20-19-49-21-22-51-25-26-53-29-30-55-33-34-57-37-38-59-41-42-61-48(45-13-7-4-8-14-45,46-15-9-5-10-16-46)47-17-11-6-12-18-47/h4-18,44H,3,19-43H2,1-2H3. The predicted octanol–water partition coefficient (Wildman–Crippen LogP) is 6.24. The van der Waals surface area contributed by atoms with E-state index in [-0.39, 0.29) is 0 Å². The fourth-order valence-corrected chi connectivity index (χ4v) is 5.84. The summed E-state index contributed by atoms with van der Waals surface area (Å²) in [6.07, 6.45) is 1.13. The molecule has 3 rings (SSSR count). The lowest BCUT2D eigenvalue weighted by Gasteiger charge is -2.36. The van der Waals surface area contributed by atoms with E-state index in [0.29, 0.717) is 164 Å². The fourth-order valence-electron chi connectivity index (χ4n) is 5.84. The van der Waals surface area contributed by atoms with E-state index in [1.165, 1.54) is 0 Å². The van der Waals surface area contributed by atoms with Crippen molar-refractivity contribution < 1.29 is 61.6 Å². The summed E-state index contributed by atoms with van der Waals surface area (Å²) in [5.41, 5.74) is 2.45. The van der Waals surface area contributed by atoms with Gasteiger partial charge in [-0.25, -0.2) is 0 Å². The van der Waals surface area contributed by atoms with Crippen LogP contribution in [0.3, 0.4) is 0 Å². The Morgan fingerprint density at radius 2 is 0.525 bits per heavy atom. The Hall–Kier alpha value is -2.86. The number of hydrogen-bond donors (Lipinski definition) is 0. The number of hydrogen-bond acceptors (Lipinski definition) is 13. The molecule has 3 aromatic rings. The molecule has 0 fully saturated rings. The first-order valence-electron chi connectivity index (χ1n) is 22.0. The highest BCUT2D eigenvalue weighted by Crippen LogP contribution is 2.40. The quantitative estimate of drug-likeness (QED) is 0.0473. The van der Waals surface area contributed by atoms with Crippen LogP contribution in [0.25, 0.3) is 0 Å². The zero-order valence-electron chi connectivity index (χ0n) is 36.9. The van der Waals surface area contributed by atoms with E-state index >= 15 is 0 Å². The molecule has 0 aliphatic carbocycles. The average molecular weight is 859 g/mol. The van der Waals surface area contributed by atoms with Gasteiger partial charge in [-0.15, -0.1) is 0 Å². The lowest BCUT2D eigenvalue weighted by molar-refractivity contribution is -0.0399. The highest BCUT2D eigenvalue weighted by atomic mass is 16.6. The lowest BCUT2D eigenvalue weighted by Crippen LogP contribution is -2.34. The topological polar surface area (TPSA) is 120 Å². The van der Waals surface area contributed by atoms with Gasteiger partial charge >= 0.3 is 0 Å². The van der Waals surface area contributed by atoms with Gasteiger partial charge in [0.25, 0.3) is 0 Å². The second-order valence-electron chi connectivity index (χ2n) is 14.0. The summed E-state index contributed by atoms with van der Waals surface area (Å²) >= 11 is 0. The van der Waals surface area contributed by atoms with Crippen LogP contribution in [0.1, 0.15) is 37.0 Å². The summed E-state index contributed by atoms with van der Waals surface area (Å²) in [4.78, 5) is 0. The summed E-state index contributed by atoms with van der Waals surface area (Å²) in [6.45, 7) is 17.3. The molecule has 0 bridgehead atoms. The Labute approximate surface area is 365 Å². The molecule has 344 valence electrons. The maximum Gasteiger partial charge on any atom is 0.143 e. The zero-order valence-corrected chi connectivity index (χ0v) is 36.9. The third kappa shape index (κ3) is 25.1.